The number of aryl methyl sites for hydroxylation is 1. The minimum Gasteiger partial charge on any atom is -0.389 e. The van der Waals surface area contributed by atoms with Crippen LogP contribution in [0.3, 0.4) is 0 Å². The Kier molecular flexibility index (Phi) is 8.21. The lowest BCUT2D eigenvalue weighted by molar-refractivity contribution is 0.194. The molecule has 3 aromatic carbocycles. The number of aliphatic hydroxyl groups excluding tert-OH is 1. The zero-order chi connectivity index (χ0) is 25.7. The highest BCUT2D eigenvalue weighted by Gasteiger charge is 2.19. The van der Waals surface area contributed by atoms with Crippen LogP contribution in [0.25, 0.3) is 23.1 Å². The zero-order valence-corrected chi connectivity index (χ0v) is 21.7. The Morgan fingerprint density at radius 1 is 1.00 bits per heavy atom. The third-order valence-corrected chi connectivity index (χ3v) is 6.69. The first kappa shape index (κ1) is 26.0. The first-order chi connectivity index (χ1) is 17.2. The van der Waals surface area contributed by atoms with Crippen molar-refractivity contribution >= 4 is 44.8 Å². The topological polar surface area (TPSA) is 76.5 Å². The van der Waals surface area contributed by atoms with Gasteiger partial charge in [0.2, 0.25) is 0 Å². The van der Waals surface area contributed by atoms with Crippen LogP contribution in [0.5, 0.6) is 0 Å². The van der Waals surface area contributed by atoms with E-state index in [1.807, 2.05) is 91.0 Å². The molecule has 1 aromatic heterocycles. The van der Waals surface area contributed by atoms with Gasteiger partial charge in [0, 0.05) is 10.4 Å². The number of benzene rings is 3. The first-order valence-electron chi connectivity index (χ1n) is 11.7. The smallest absolute Gasteiger partial charge is 0.264 e. The molecule has 186 valence electrons. The molecular formula is C29H28ClNO4S. The Hall–Kier alpha value is -3.03. The lowest BCUT2D eigenvalue weighted by Gasteiger charge is -2.19. The Bertz CT molecular complexity index is 1500. The molecule has 1 N–H and O–H groups in total. The normalized spacial score (nSPS) is 13.8. The molecule has 0 amide bonds. The van der Waals surface area contributed by atoms with Gasteiger partial charge in [-0.15, -0.1) is 0 Å². The number of aliphatic hydroxyl groups is 1. The third kappa shape index (κ3) is 7.02. The summed E-state index contributed by atoms with van der Waals surface area (Å²) in [6.45, 7) is 1.72. The molecule has 4 aromatic rings. The minimum absolute atomic E-state index is 0.441. The number of halogens is 1. The van der Waals surface area contributed by atoms with Gasteiger partial charge in [-0.25, -0.2) is 4.98 Å². The summed E-state index contributed by atoms with van der Waals surface area (Å²) in [5.41, 5.74) is 5.05. The molecule has 0 aliphatic rings. The van der Waals surface area contributed by atoms with E-state index in [1.165, 1.54) is 0 Å². The molecule has 0 saturated carbocycles. The predicted molar refractivity (Wildman–Crippen MR) is 146 cm³/mol. The van der Waals surface area contributed by atoms with Gasteiger partial charge in [-0.05, 0) is 72.4 Å². The molecule has 0 saturated heterocycles. The second kappa shape index (κ2) is 11.4. The van der Waals surface area contributed by atoms with Crippen molar-refractivity contribution in [1.82, 2.24) is 4.98 Å². The van der Waals surface area contributed by atoms with Gasteiger partial charge in [-0.2, -0.15) is 8.42 Å². The summed E-state index contributed by atoms with van der Waals surface area (Å²) in [7, 11) is -3.68. The summed E-state index contributed by atoms with van der Waals surface area (Å²) in [4.78, 5) is 4.65. The molecular weight excluding hydrogens is 494 g/mol. The molecule has 1 heterocycles. The van der Waals surface area contributed by atoms with Crippen LogP contribution in [0.1, 0.15) is 53.5 Å². The average Bonchev–Trinajstić information content (AvgIpc) is 2.84. The highest BCUT2D eigenvalue weighted by atomic mass is 35.5. The van der Waals surface area contributed by atoms with E-state index in [0.717, 1.165) is 45.1 Å². The van der Waals surface area contributed by atoms with Crippen LogP contribution in [0.4, 0.5) is 0 Å². The van der Waals surface area contributed by atoms with Crippen molar-refractivity contribution < 1.29 is 17.7 Å². The van der Waals surface area contributed by atoms with E-state index in [-0.39, 0.29) is 0 Å². The van der Waals surface area contributed by atoms with Crippen molar-refractivity contribution in [3.8, 4) is 0 Å². The van der Waals surface area contributed by atoms with Gasteiger partial charge in [0.15, 0.2) is 0 Å². The molecule has 0 spiro atoms. The van der Waals surface area contributed by atoms with Gasteiger partial charge in [0.05, 0.1) is 23.6 Å². The van der Waals surface area contributed by atoms with Crippen molar-refractivity contribution in [3.63, 3.8) is 0 Å². The van der Waals surface area contributed by atoms with Gasteiger partial charge in [-0.1, -0.05) is 72.3 Å². The summed E-state index contributed by atoms with van der Waals surface area (Å²) in [5, 5.41) is 11.7. The summed E-state index contributed by atoms with van der Waals surface area (Å²) in [6, 6.07) is 24.8. The number of fused-ring (bicyclic) bond motifs is 1. The Labute approximate surface area is 217 Å². The molecule has 0 radical (unpaired) electrons. The Morgan fingerprint density at radius 2 is 1.78 bits per heavy atom. The molecule has 5 nitrogen and oxygen atoms in total. The van der Waals surface area contributed by atoms with Gasteiger partial charge in [-0.3, -0.25) is 4.18 Å². The van der Waals surface area contributed by atoms with Crippen LogP contribution in [0, 0.1) is 0 Å². The molecule has 4 rings (SSSR count). The molecule has 0 fully saturated rings. The summed E-state index contributed by atoms with van der Waals surface area (Å²) in [5.74, 6) is 0. The zero-order valence-electron chi connectivity index (χ0n) is 20.1. The maximum absolute atomic E-state index is 12.0. The van der Waals surface area contributed by atoms with Gasteiger partial charge in [0.25, 0.3) is 10.1 Å². The van der Waals surface area contributed by atoms with E-state index in [1.54, 1.807) is 6.92 Å². The highest BCUT2D eigenvalue weighted by Crippen LogP contribution is 2.28. The number of hydrogen-bond acceptors (Lipinski definition) is 5. The maximum Gasteiger partial charge on any atom is 0.264 e. The number of pyridine rings is 1. The number of rotatable bonds is 9. The van der Waals surface area contributed by atoms with Crippen LogP contribution in [-0.2, 0) is 20.7 Å². The van der Waals surface area contributed by atoms with Crippen molar-refractivity contribution in [2.75, 3.05) is 6.26 Å². The van der Waals surface area contributed by atoms with Crippen molar-refractivity contribution in [3.05, 3.63) is 112 Å². The fourth-order valence-corrected chi connectivity index (χ4v) is 4.98. The molecule has 2 atom stereocenters. The number of aromatic nitrogens is 1. The van der Waals surface area contributed by atoms with Gasteiger partial charge < -0.3 is 5.11 Å². The fraction of sp³-hybridized carbons (Fsp3) is 0.207. The summed E-state index contributed by atoms with van der Waals surface area (Å²) >= 11 is 6.10. The third-order valence-electron chi connectivity index (χ3n) is 5.88. The van der Waals surface area contributed by atoms with Crippen LogP contribution in [0.15, 0.2) is 78.9 Å². The minimum atomic E-state index is -3.68. The van der Waals surface area contributed by atoms with E-state index < -0.39 is 22.3 Å². The van der Waals surface area contributed by atoms with Crippen LogP contribution < -0.4 is 0 Å². The maximum atomic E-state index is 12.0. The summed E-state index contributed by atoms with van der Waals surface area (Å²) in [6.07, 6.45) is 4.64. The highest BCUT2D eigenvalue weighted by molar-refractivity contribution is 7.86. The predicted octanol–water partition coefficient (Wildman–Crippen LogP) is 6.76. The van der Waals surface area contributed by atoms with Crippen molar-refractivity contribution in [2.24, 2.45) is 0 Å². The average molecular weight is 522 g/mol. The van der Waals surface area contributed by atoms with Gasteiger partial charge >= 0.3 is 0 Å². The van der Waals surface area contributed by atoms with Crippen LogP contribution in [0.2, 0.25) is 5.02 Å². The quantitative estimate of drug-likeness (QED) is 0.246. The standard InChI is InChI=1S/C29H28ClNO4S/c1-20(32)27-9-4-3-7-22(27)13-17-29(35-36(2,33)34)24-8-5-6-21(18-24)10-15-26-16-12-23-11-14-25(30)19-28(23)31-26/h3-12,14-16,18-20,29,32H,13,17H2,1-2H3/b15-10+. The van der Waals surface area contributed by atoms with Crippen molar-refractivity contribution in [2.45, 2.75) is 32.0 Å². The van der Waals surface area contributed by atoms with E-state index in [2.05, 4.69) is 4.98 Å². The molecule has 36 heavy (non-hydrogen) atoms. The van der Waals surface area contributed by atoms with Gasteiger partial charge in [0.1, 0.15) is 6.10 Å². The second-order valence-corrected chi connectivity index (χ2v) is 10.8. The Morgan fingerprint density at radius 3 is 2.56 bits per heavy atom. The van der Waals surface area contributed by atoms with Crippen LogP contribution in [-0.4, -0.2) is 24.8 Å². The van der Waals surface area contributed by atoms with Crippen LogP contribution >= 0.6 is 11.6 Å². The lowest BCUT2D eigenvalue weighted by atomic mass is 9.95. The SMILES string of the molecule is CC(O)c1ccccc1CCC(OS(C)(=O)=O)c1cccc(/C=C/c2ccc3ccc(Cl)cc3n2)c1. The molecule has 7 heteroatoms. The lowest BCUT2D eigenvalue weighted by Crippen LogP contribution is -2.12. The number of hydrogen-bond donors (Lipinski definition) is 1. The first-order valence-corrected chi connectivity index (χ1v) is 13.9. The van der Waals surface area contributed by atoms with E-state index in [0.29, 0.717) is 17.9 Å². The number of nitrogens with zero attached hydrogens (tertiary/aromatic N) is 1. The van der Waals surface area contributed by atoms with E-state index >= 15 is 0 Å². The Balaban J connectivity index is 1.57. The molecule has 2 unspecified atom stereocenters. The fourth-order valence-electron chi connectivity index (χ4n) is 4.18. The summed E-state index contributed by atoms with van der Waals surface area (Å²) < 4.78 is 29.6. The van der Waals surface area contributed by atoms with Crippen molar-refractivity contribution in [1.29, 1.82) is 0 Å². The van der Waals surface area contributed by atoms with E-state index in [4.69, 9.17) is 15.8 Å². The van der Waals surface area contributed by atoms with E-state index in [9.17, 15) is 13.5 Å². The molecule has 0 bridgehead atoms. The second-order valence-electron chi connectivity index (χ2n) is 8.78. The largest absolute Gasteiger partial charge is 0.389 e. The monoisotopic (exact) mass is 521 g/mol. The molecule has 0 aliphatic heterocycles. The molecule has 0 aliphatic carbocycles.